The van der Waals surface area contributed by atoms with Crippen LogP contribution in [0.3, 0.4) is 0 Å². The van der Waals surface area contributed by atoms with E-state index in [0.29, 0.717) is 0 Å². The van der Waals surface area contributed by atoms with Crippen molar-refractivity contribution in [3.8, 4) is 23.0 Å². The average molecular weight is 493 g/mol. The van der Waals surface area contributed by atoms with Crippen molar-refractivity contribution in [1.82, 2.24) is 19.9 Å². The average Bonchev–Trinajstić information content (AvgIpc) is 3.56. The number of hydrogen-bond acceptors (Lipinski definition) is 4. The number of terminal acetylenes is 1. The Kier molecular flexibility index (Phi) is 6.91. The van der Waals surface area contributed by atoms with Gasteiger partial charge in [-0.1, -0.05) is 55.3 Å². The minimum Gasteiger partial charge on any atom is -0.359 e. The summed E-state index contributed by atoms with van der Waals surface area (Å²) in [4.78, 5) is 15.5. The summed E-state index contributed by atoms with van der Waals surface area (Å²) in [5.74, 6) is 2.96. The van der Waals surface area contributed by atoms with Crippen molar-refractivity contribution in [3.05, 3.63) is 82.6 Å². The summed E-state index contributed by atoms with van der Waals surface area (Å²) >= 11 is 1.64. The Morgan fingerprint density at radius 2 is 2.00 bits per heavy atom. The second-order valence-electron chi connectivity index (χ2n) is 9.46. The first-order chi connectivity index (χ1) is 17.5. The molecule has 4 nitrogen and oxygen atoms in total. The van der Waals surface area contributed by atoms with E-state index < -0.39 is 0 Å². The van der Waals surface area contributed by atoms with Crippen LogP contribution in [-0.4, -0.2) is 39.0 Å². The fourth-order valence-corrected chi connectivity index (χ4v) is 6.03. The molecular formula is C31H32N4S. The lowest BCUT2D eigenvalue weighted by Crippen LogP contribution is -2.38. The Bertz CT molecular complexity index is 1470. The Morgan fingerprint density at radius 3 is 2.64 bits per heavy atom. The molecule has 0 aliphatic carbocycles. The summed E-state index contributed by atoms with van der Waals surface area (Å²) in [6.07, 6.45) is 12.9. The first kappa shape index (κ1) is 24.2. The van der Waals surface area contributed by atoms with Crippen LogP contribution in [-0.2, 0) is 6.42 Å². The minimum absolute atomic E-state index is 0.222. The van der Waals surface area contributed by atoms with Gasteiger partial charge in [-0.05, 0) is 49.8 Å². The maximum Gasteiger partial charge on any atom is 0.144 e. The van der Waals surface area contributed by atoms with Crippen molar-refractivity contribution in [2.24, 2.45) is 0 Å². The SMILES string of the molecule is C#CC(=C1CCN(C(C)C(=C)c2c[nH]c3c(-c4nc(C)cs4)ncc(CC)c23)CC1)c1ccccc1. The number of likely N-dealkylation sites (tertiary alicyclic amines) is 1. The zero-order valence-corrected chi connectivity index (χ0v) is 22.1. The van der Waals surface area contributed by atoms with E-state index in [0.717, 1.165) is 71.0 Å². The number of benzene rings is 1. The van der Waals surface area contributed by atoms with Gasteiger partial charge in [0.1, 0.15) is 10.7 Å². The predicted molar refractivity (Wildman–Crippen MR) is 153 cm³/mol. The first-order valence-corrected chi connectivity index (χ1v) is 13.5. The van der Waals surface area contributed by atoms with Crippen molar-refractivity contribution in [3.63, 3.8) is 0 Å². The van der Waals surface area contributed by atoms with E-state index in [9.17, 15) is 0 Å². The molecule has 4 aromatic rings. The molecule has 0 radical (unpaired) electrons. The van der Waals surface area contributed by atoms with Gasteiger partial charge in [0.25, 0.3) is 0 Å². The largest absolute Gasteiger partial charge is 0.359 e. The third kappa shape index (κ3) is 4.43. The van der Waals surface area contributed by atoms with E-state index in [4.69, 9.17) is 11.4 Å². The van der Waals surface area contributed by atoms with Gasteiger partial charge in [0.05, 0.1) is 5.52 Å². The molecule has 1 unspecified atom stereocenters. The van der Waals surface area contributed by atoms with Crippen LogP contribution >= 0.6 is 11.3 Å². The number of H-pyrrole nitrogens is 1. The molecule has 0 bridgehead atoms. The number of piperidine rings is 1. The van der Waals surface area contributed by atoms with Crippen molar-refractivity contribution in [2.45, 2.75) is 46.1 Å². The van der Waals surface area contributed by atoms with Crippen LogP contribution in [0.15, 0.2) is 60.3 Å². The van der Waals surface area contributed by atoms with Gasteiger partial charge in [0.15, 0.2) is 0 Å². The number of allylic oxidation sites excluding steroid dienone is 1. The lowest BCUT2D eigenvalue weighted by atomic mass is 9.91. The maximum absolute atomic E-state index is 5.93. The first-order valence-electron chi connectivity index (χ1n) is 12.6. The molecule has 5 rings (SSSR count). The number of aromatic nitrogens is 3. The second kappa shape index (κ2) is 10.3. The van der Waals surface area contributed by atoms with Gasteiger partial charge < -0.3 is 4.98 Å². The van der Waals surface area contributed by atoms with E-state index in [2.05, 4.69) is 77.1 Å². The molecule has 1 aromatic carbocycles. The van der Waals surface area contributed by atoms with Crippen molar-refractivity contribution >= 4 is 33.4 Å². The highest BCUT2D eigenvalue weighted by Gasteiger charge is 2.26. The van der Waals surface area contributed by atoms with Gasteiger partial charge in [-0.25, -0.2) is 4.98 Å². The van der Waals surface area contributed by atoms with Gasteiger partial charge in [-0.3, -0.25) is 9.88 Å². The summed E-state index contributed by atoms with van der Waals surface area (Å²) in [5, 5.41) is 4.25. The number of fused-ring (bicyclic) bond motifs is 1. The van der Waals surface area contributed by atoms with Gasteiger partial charge >= 0.3 is 0 Å². The van der Waals surface area contributed by atoms with Crippen molar-refractivity contribution in [2.75, 3.05) is 13.1 Å². The molecule has 4 heterocycles. The summed E-state index contributed by atoms with van der Waals surface area (Å²) < 4.78 is 0. The smallest absolute Gasteiger partial charge is 0.144 e. The van der Waals surface area contributed by atoms with Crippen LogP contribution in [0.5, 0.6) is 0 Å². The van der Waals surface area contributed by atoms with Crippen LogP contribution in [0.1, 0.15) is 49.1 Å². The summed E-state index contributed by atoms with van der Waals surface area (Å²) in [5.41, 5.74) is 10.1. The molecule has 1 N–H and O–H groups in total. The number of thiazole rings is 1. The standard InChI is InChI=1S/C31H32N4S/c1-6-23-17-32-30(31-34-20(3)19-36-31)29-28(23)27(18-33-29)21(4)22(5)35-15-13-25(14-16-35)26(7-2)24-11-9-8-10-12-24/h2,8-12,17-19,22,33H,4,6,13-16H2,1,3,5H3. The van der Waals surface area contributed by atoms with Crippen LogP contribution in [0.2, 0.25) is 0 Å². The molecule has 182 valence electrons. The van der Waals surface area contributed by atoms with E-state index in [1.807, 2.05) is 19.2 Å². The predicted octanol–water partition coefficient (Wildman–Crippen LogP) is 7.14. The van der Waals surface area contributed by atoms with Crippen LogP contribution < -0.4 is 0 Å². The molecule has 0 saturated carbocycles. The lowest BCUT2D eigenvalue weighted by Gasteiger charge is -2.35. The number of aryl methyl sites for hydroxylation is 2. The normalized spacial score (nSPS) is 15.1. The maximum atomic E-state index is 5.93. The third-order valence-corrected chi connectivity index (χ3v) is 8.32. The Morgan fingerprint density at radius 1 is 1.25 bits per heavy atom. The number of hydrogen-bond donors (Lipinski definition) is 1. The number of pyridine rings is 1. The number of aromatic amines is 1. The molecule has 1 aliphatic heterocycles. The summed E-state index contributed by atoms with van der Waals surface area (Å²) in [6, 6.07) is 10.6. The van der Waals surface area contributed by atoms with E-state index in [1.165, 1.54) is 22.1 Å². The Balaban J connectivity index is 1.41. The monoisotopic (exact) mass is 492 g/mol. The van der Waals surface area contributed by atoms with E-state index in [1.54, 1.807) is 11.3 Å². The molecule has 1 aliphatic rings. The molecule has 1 saturated heterocycles. The highest BCUT2D eigenvalue weighted by Crippen LogP contribution is 2.37. The van der Waals surface area contributed by atoms with Crippen molar-refractivity contribution in [1.29, 1.82) is 0 Å². The van der Waals surface area contributed by atoms with E-state index >= 15 is 0 Å². The van der Waals surface area contributed by atoms with Gasteiger partial charge in [0, 0.05) is 59.1 Å². The molecule has 36 heavy (non-hydrogen) atoms. The summed E-state index contributed by atoms with van der Waals surface area (Å²) in [6.45, 7) is 13.0. The molecule has 1 atom stereocenters. The summed E-state index contributed by atoms with van der Waals surface area (Å²) in [7, 11) is 0. The molecule has 1 fully saturated rings. The molecule has 3 aromatic heterocycles. The zero-order chi connectivity index (χ0) is 25.2. The Hall–Kier alpha value is -3.46. The van der Waals surface area contributed by atoms with Gasteiger partial charge in [-0.2, -0.15) is 0 Å². The number of nitrogens with one attached hydrogen (secondary N) is 1. The molecule has 0 spiro atoms. The van der Waals surface area contributed by atoms with Crippen molar-refractivity contribution < 1.29 is 0 Å². The molecule has 0 amide bonds. The quantitative estimate of drug-likeness (QED) is 0.291. The van der Waals surface area contributed by atoms with Gasteiger partial charge in [0.2, 0.25) is 0 Å². The minimum atomic E-state index is 0.222. The topological polar surface area (TPSA) is 44.8 Å². The highest BCUT2D eigenvalue weighted by atomic mass is 32.1. The third-order valence-electron chi connectivity index (χ3n) is 7.35. The Labute approximate surface area is 217 Å². The second-order valence-corrected chi connectivity index (χ2v) is 10.3. The number of nitrogens with zero attached hydrogens (tertiary/aromatic N) is 3. The van der Waals surface area contributed by atoms with E-state index in [-0.39, 0.29) is 6.04 Å². The lowest BCUT2D eigenvalue weighted by molar-refractivity contribution is 0.232. The highest BCUT2D eigenvalue weighted by molar-refractivity contribution is 7.13. The van der Waals surface area contributed by atoms with Crippen LogP contribution in [0.4, 0.5) is 0 Å². The van der Waals surface area contributed by atoms with Crippen LogP contribution in [0.25, 0.3) is 32.8 Å². The molecular weight excluding hydrogens is 460 g/mol. The zero-order valence-electron chi connectivity index (χ0n) is 21.3. The van der Waals surface area contributed by atoms with Crippen LogP contribution in [0, 0.1) is 19.3 Å². The van der Waals surface area contributed by atoms with Gasteiger partial charge in [-0.15, -0.1) is 17.8 Å². The number of rotatable bonds is 6. The molecule has 5 heteroatoms. The fraction of sp³-hybridized carbons (Fsp3) is 0.290. The fourth-order valence-electron chi connectivity index (χ4n) is 5.23.